The highest BCUT2D eigenvalue weighted by Gasteiger charge is 2.20. The monoisotopic (exact) mass is 327 g/mol. The molecule has 1 aliphatic heterocycles. The van der Waals surface area contributed by atoms with Crippen molar-refractivity contribution >= 4 is 17.3 Å². The first-order valence-corrected chi connectivity index (χ1v) is 8.47. The standard InChI is InChI=1S/C18H25N5O/c1-22(12-13-24)16-5-6-17(20-14-16)21-15-7-10-23(11-8-15)18-4-2-3-9-19-18/h2-6,9,14-15,24H,7-8,10-13H2,1H3,(H,20,21). The van der Waals surface area contributed by atoms with Gasteiger partial charge in [-0.25, -0.2) is 9.97 Å². The van der Waals surface area contributed by atoms with Gasteiger partial charge in [-0.15, -0.1) is 0 Å². The molecule has 0 aliphatic carbocycles. The van der Waals surface area contributed by atoms with Crippen LogP contribution >= 0.6 is 0 Å². The van der Waals surface area contributed by atoms with Crippen LogP contribution in [0, 0.1) is 0 Å². The molecule has 0 atom stereocenters. The Morgan fingerprint density at radius 2 is 2.04 bits per heavy atom. The normalized spacial score (nSPS) is 15.3. The van der Waals surface area contributed by atoms with E-state index in [-0.39, 0.29) is 6.61 Å². The first kappa shape index (κ1) is 16.5. The Hall–Kier alpha value is -2.34. The molecular formula is C18H25N5O. The number of rotatable bonds is 6. The molecule has 3 heterocycles. The molecule has 0 spiro atoms. The molecule has 128 valence electrons. The van der Waals surface area contributed by atoms with Gasteiger partial charge in [0.2, 0.25) is 0 Å². The Balaban J connectivity index is 1.51. The van der Waals surface area contributed by atoms with Gasteiger partial charge in [0.25, 0.3) is 0 Å². The van der Waals surface area contributed by atoms with Crippen molar-refractivity contribution in [2.45, 2.75) is 18.9 Å². The number of aromatic nitrogens is 2. The molecule has 2 aromatic rings. The van der Waals surface area contributed by atoms with Gasteiger partial charge >= 0.3 is 0 Å². The highest BCUT2D eigenvalue weighted by atomic mass is 16.3. The summed E-state index contributed by atoms with van der Waals surface area (Å²) < 4.78 is 0. The van der Waals surface area contributed by atoms with Gasteiger partial charge in [0.1, 0.15) is 11.6 Å². The summed E-state index contributed by atoms with van der Waals surface area (Å²) in [5.74, 6) is 1.97. The van der Waals surface area contributed by atoms with Crippen LogP contribution in [0.1, 0.15) is 12.8 Å². The minimum atomic E-state index is 0.144. The van der Waals surface area contributed by atoms with Crippen molar-refractivity contribution in [1.82, 2.24) is 9.97 Å². The second kappa shape index (κ2) is 7.97. The fraction of sp³-hybridized carbons (Fsp3) is 0.444. The summed E-state index contributed by atoms with van der Waals surface area (Å²) in [5.41, 5.74) is 1.01. The summed E-state index contributed by atoms with van der Waals surface area (Å²) in [6.45, 7) is 2.77. The fourth-order valence-corrected chi connectivity index (χ4v) is 2.98. The molecule has 24 heavy (non-hydrogen) atoms. The maximum absolute atomic E-state index is 8.99. The highest BCUT2D eigenvalue weighted by Crippen LogP contribution is 2.20. The molecule has 2 aromatic heterocycles. The summed E-state index contributed by atoms with van der Waals surface area (Å²) in [6.07, 6.45) is 5.84. The van der Waals surface area contributed by atoms with Crippen molar-refractivity contribution in [2.75, 3.05) is 48.4 Å². The number of nitrogens with one attached hydrogen (secondary N) is 1. The number of piperidine rings is 1. The zero-order valence-corrected chi connectivity index (χ0v) is 14.1. The van der Waals surface area contributed by atoms with Crippen molar-refractivity contribution < 1.29 is 5.11 Å². The predicted octanol–water partition coefficient (Wildman–Crippen LogP) is 1.99. The largest absolute Gasteiger partial charge is 0.395 e. The fourth-order valence-electron chi connectivity index (χ4n) is 2.98. The van der Waals surface area contributed by atoms with Crippen LogP contribution in [0.25, 0.3) is 0 Å². The van der Waals surface area contributed by atoms with E-state index in [1.54, 1.807) is 0 Å². The number of pyridine rings is 2. The minimum Gasteiger partial charge on any atom is -0.395 e. The summed E-state index contributed by atoms with van der Waals surface area (Å²) in [7, 11) is 1.95. The first-order chi connectivity index (χ1) is 11.8. The zero-order valence-electron chi connectivity index (χ0n) is 14.1. The molecule has 0 amide bonds. The summed E-state index contributed by atoms with van der Waals surface area (Å²) >= 11 is 0. The molecule has 0 saturated carbocycles. The quantitative estimate of drug-likeness (QED) is 0.846. The van der Waals surface area contributed by atoms with E-state index in [1.165, 1.54) is 0 Å². The average Bonchev–Trinajstić information content (AvgIpc) is 2.64. The van der Waals surface area contributed by atoms with Gasteiger partial charge in [0, 0.05) is 38.9 Å². The van der Waals surface area contributed by atoms with Crippen LogP contribution in [-0.2, 0) is 0 Å². The molecule has 2 N–H and O–H groups in total. The summed E-state index contributed by atoms with van der Waals surface area (Å²) in [5, 5.41) is 12.5. The Kier molecular flexibility index (Phi) is 5.48. The van der Waals surface area contributed by atoms with Crippen LogP contribution < -0.4 is 15.1 Å². The lowest BCUT2D eigenvalue weighted by Crippen LogP contribution is -2.39. The van der Waals surface area contributed by atoms with E-state index >= 15 is 0 Å². The second-order valence-electron chi connectivity index (χ2n) is 6.14. The zero-order chi connectivity index (χ0) is 16.8. The van der Waals surface area contributed by atoms with E-state index in [0.29, 0.717) is 12.6 Å². The predicted molar refractivity (Wildman–Crippen MR) is 97.7 cm³/mol. The van der Waals surface area contributed by atoms with Gasteiger partial charge in [-0.05, 0) is 37.1 Å². The second-order valence-corrected chi connectivity index (χ2v) is 6.14. The molecule has 6 nitrogen and oxygen atoms in total. The Morgan fingerprint density at radius 1 is 1.21 bits per heavy atom. The van der Waals surface area contributed by atoms with Gasteiger partial charge in [-0.3, -0.25) is 0 Å². The van der Waals surface area contributed by atoms with Crippen molar-refractivity contribution in [3.8, 4) is 0 Å². The topological polar surface area (TPSA) is 64.5 Å². The highest BCUT2D eigenvalue weighted by molar-refractivity contribution is 5.49. The maximum Gasteiger partial charge on any atom is 0.128 e. The first-order valence-electron chi connectivity index (χ1n) is 8.47. The number of likely N-dealkylation sites (N-methyl/N-ethyl adjacent to an activating group) is 1. The molecule has 3 rings (SSSR count). The number of anilines is 3. The van der Waals surface area contributed by atoms with Crippen LogP contribution in [0.15, 0.2) is 42.7 Å². The van der Waals surface area contributed by atoms with E-state index < -0.39 is 0 Å². The molecule has 1 fully saturated rings. The van der Waals surface area contributed by atoms with Gasteiger partial charge in [-0.2, -0.15) is 0 Å². The molecular weight excluding hydrogens is 302 g/mol. The number of aliphatic hydroxyl groups is 1. The third-order valence-corrected chi connectivity index (χ3v) is 4.44. The summed E-state index contributed by atoms with van der Waals surface area (Å²) in [6, 6.07) is 10.5. The average molecular weight is 327 g/mol. The van der Waals surface area contributed by atoms with Crippen molar-refractivity contribution in [3.05, 3.63) is 42.7 Å². The molecule has 0 unspecified atom stereocenters. The van der Waals surface area contributed by atoms with E-state index in [0.717, 1.165) is 43.3 Å². The van der Waals surface area contributed by atoms with E-state index in [9.17, 15) is 0 Å². The van der Waals surface area contributed by atoms with E-state index in [2.05, 4.69) is 26.3 Å². The third kappa shape index (κ3) is 4.14. The number of hydrogen-bond acceptors (Lipinski definition) is 6. The van der Waals surface area contributed by atoms with Gasteiger partial charge in [0.15, 0.2) is 0 Å². The minimum absolute atomic E-state index is 0.144. The smallest absolute Gasteiger partial charge is 0.128 e. The number of aliphatic hydroxyl groups excluding tert-OH is 1. The lowest BCUT2D eigenvalue weighted by Gasteiger charge is -2.33. The molecule has 6 heteroatoms. The Bertz CT molecular complexity index is 611. The van der Waals surface area contributed by atoms with Crippen LogP contribution in [0.5, 0.6) is 0 Å². The maximum atomic E-state index is 8.99. The third-order valence-electron chi connectivity index (χ3n) is 4.44. The SMILES string of the molecule is CN(CCO)c1ccc(NC2CCN(c3ccccn3)CC2)nc1. The Morgan fingerprint density at radius 3 is 2.67 bits per heavy atom. The molecule has 0 aromatic carbocycles. The molecule has 0 bridgehead atoms. The van der Waals surface area contributed by atoms with Gasteiger partial charge in [0.05, 0.1) is 18.5 Å². The number of hydrogen-bond donors (Lipinski definition) is 2. The van der Waals surface area contributed by atoms with Crippen molar-refractivity contribution in [3.63, 3.8) is 0 Å². The Labute approximate surface area is 143 Å². The van der Waals surface area contributed by atoms with Gasteiger partial charge < -0.3 is 20.2 Å². The van der Waals surface area contributed by atoms with E-state index in [1.807, 2.05) is 48.6 Å². The lowest BCUT2D eigenvalue weighted by atomic mass is 10.1. The molecule has 0 radical (unpaired) electrons. The van der Waals surface area contributed by atoms with Gasteiger partial charge in [-0.1, -0.05) is 6.07 Å². The molecule has 1 aliphatic rings. The van der Waals surface area contributed by atoms with Crippen molar-refractivity contribution in [2.24, 2.45) is 0 Å². The number of nitrogens with zero attached hydrogens (tertiary/aromatic N) is 4. The lowest BCUT2D eigenvalue weighted by molar-refractivity contribution is 0.304. The summed E-state index contributed by atoms with van der Waals surface area (Å²) in [4.78, 5) is 13.2. The van der Waals surface area contributed by atoms with Crippen LogP contribution in [0.2, 0.25) is 0 Å². The van der Waals surface area contributed by atoms with Crippen LogP contribution in [0.3, 0.4) is 0 Å². The van der Waals surface area contributed by atoms with Crippen LogP contribution in [0.4, 0.5) is 17.3 Å². The van der Waals surface area contributed by atoms with E-state index in [4.69, 9.17) is 5.11 Å². The van der Waals surface area contributed by atoms with Crippen LogP contribution in [-0.4, -0.2) is 54.4 Å². The molecule has 1 saturated heterocycles. The van der Waals surface area contributed by atoms with Crippen molar-refractivity contribution in [1.29, 1.82) is 0 Å².